The number of allylic oxidation sites excluding steroid dienone is 2. The Labute approximate surface area is 165 Å². The summed E-state index contributed by atoms with van der Waals surface area (Å²) >= 11 is 13.3. The fourth-order valence-electron chi connectivity index (χ4n) is 3.23. The summed E-state index contributed by atoms with van der Waals surface area (Å²) in [6.45, 7) is 4.56. The lowest BCUT2D eigenvalue weighted by atomic mass is 9.98. The molecule has 3 aliphatic rings. The Morgan fingerprint density at radius 2 is 1.71 bits per heavy atom. The molecule has 1 aliphatic carbocycles. The zero-order chi connectivity index (χ0) is 16.9. The SMILES string of the molecule is C1CNCCN1.Clc1ccc2c(c1Br)CCC1=CC(Br)=CNC1C2. The van der Waals surface area contributed by atoms with Crippen LogP contribution in [0.2, 0.25) is 5.02 Å². The maximum absolute atomic E-state index is 6.18. The molecule has 24 heavy (non-hydrogen) atoms. The molecule has 1 saturated heterocycles. The third-order valence-electron chi connectivity index (χ3n) is 4.53. The van der Waals surface area contributed by atoms with E-state index in [1.54, 1.807) is 0 Å². The Hall–Kier alpha value is -0.330. The molecule has 3 N–H and O–H groups in total. The molecule has 0 amide bonds. The molecule has 0 aromatic heterocycles. The number of piperazine rings is 1. The molecule has 1 aromatic carbocycles. The van der Waals surface area contributed by atoms with Gasteiger partial charge in [0.1, 0.15) is 0 Å². The Kier molecular flexibility index (Phi) is 6.81. The maximum Gasteiger partial charge on any atom is 0.0551 e. The molecule has 0 spiro atoms. The highest BCUT2D eigenvalue weighted by atomic mass is 79.9. The van der Waals surface area contributed by atoms with Gasteiger partial charge in [-0.1, -0.05) is 17.7 Å². The van der Waals surface area contributed by atoms with Gasteiger partial charge in [-0.25, -0.2) is 0 Å². The van der Waals surface area contributed by atoms with Crippen LogP contribution in [-0.2, 0) is 12.8 Å². The van der Waals surface area contributed by atoms with E-state index in [0.29, 0.717) is 6.04 Å². The average molecular weight is 476 g/mol. The number of hydrogen-bond acceptors (Lipinski definition) is 3. The van der Waals surface area contributed by atoms with Gasteiger partial charge in [-0.15, -0.1) is 0 Å². The van der Waals surface area contributed by atoms with Crippen LogP contribution in [0.4, 0.5) is 0 Å². The summed E-state index contributed by atoms with van der Waals surface area (Å²) in [6.07, 6.45) is 7.41. The first-order chi connectivity index (χ1) is 11.6. The lowest BCUT2D eigenvalue weighted by Crippen LogP contribution is -2.39. The molecule has 4 rings (SSSR count). The molecule has 0 saturated carbocycles. The van der Waals surface area contributed by atoms with Crippen molar-refractivity contribution in [2.45, 2.75) is 25.3 Å². The highest BCUT2D eigenvalue weighted by Gasteiger charge is 2.24. The molecule has 130 valence electrons. The Morgan fingerprint density at radius 3 is 2.38 bits per heavy atom. The molecular weight excluding hydrogens is 453 g/mol. The van der Waals surface area contributed by atoms with Gasteiger partial charge in [0.15, 0.2) is 0 Å². The molecule has 0 bridgehead atoms. The Balaban J connectivity index is 0.000000238. The van der Waals surface area contributed by atoms with Crippen LogP contribution in [0.15, 0.2) is 38.9 Å². The van der Waals surface area contributed by atoms with E-state index in [1.165, 1.54) is 16.7 Å². The largest absolute Gasteiger partial charge is 0.383 e. The standard InChI is InChI=1S/C14H12Br2ClN.C4H10N2/c15-10-5-9-1-3-11-8(6-13(9)18-7-10)2-4-12(17)14(11)16;1-2-6-4-3-5-1/h2,4-5,7,13,18H,1,3,6H2;5-6H,1-4H2. The monoisotopic (exact) mass is 473 g/mol. The summed E-state index contributed by atoms with van der Waals surface area (Å²) in [5.74, 6) is 0. The van der Waals surface area contributed by atoms with Crippen molar-refractivity contribution in [1.29, 1.82) is 0 Å². The number of hydrogen-bond donors (Lipinski definition) is 3. The quantitative estimate of drug-likeness (QED) is 0.533. The lowest BCUT2D eigenvalue weighted by Gasteiger charge is -2.22. The number of rotatable bonds is 0. The zero-order valence-electron chi connectivity index (χ0n) is 13.5. The smallest absolute Gasteiger partial charge is 0.0551 e. The minimum atomic E-state index is 0.417. The van der Waals surface area contributed by atoms with Gasteiger partial charge in [0.2, 0.25) is 0 Å². The number of nitrogens with one attached hydrogen (secondary N) is 3. The van der Waals surface area contributed by atoms with Crippen molar-refractivity contribution in [2.75, 3.05) is 26.2 Å². The molecule has 1 unspecified atom stereocenters. The number of halogens is 3. The molecular formula is C18H22Br2ClN3. The predicted molar refractivity (Wildman–Crippen MR) is 109 cm³/mol. The molecule has 1 atom stereocenters. The second-order valence-corrected chi connectivity index (χ2v) is 8.29. The summed E-state index contributed by atoms with van der Waals surface area (Å²) < 4.78 is 2.18. The molecule has 6 heteroatoms. The van der Waals surface area contributed by atoms with E-state index < -0.39 is 0 Å². The molecule has 1 fully saturated rings. The second-order valence-electron chi connectivity index (χ2n) is 6.17. The van der Waals surface area contributed by atoms with Crippen LogP contribution in [0.3, 0.4) is 0 Å². The van der Waals surface area contributed by atoms with Crippen molar-refractivity contribution in [1.82, 2.24) is 16.0 Å². The first-order valence-electron chi connectivity index (χ1n) is 8.34. The molecule has 1 aromatic rings. The first-order valence-corrected chi connectivity index (χ1v) is 10.3. The Bertz CT molecular complexity index is 642. The fourth-order valence-corrected chi connectivity index (χ4v) is 4.42. The summed E-state index contributed by atoms with van der Waals surface area (Å²) in [4.78, 5) is 0. The van der Waals surface area contributed by atoms with Crippen LogP contribution in [0.5, 0.6) is 0 Å². The van der Waals surface area contributed by atoms with E-state index in [1.807, 2.05) is 12.3 Å². The summed E-state index contributed by atoms with van der Waals surface area (Å²) in [7, 11) is 0. The minimum absolute atomic E-state index is 0.417. The molecule has 2 heterocycles. The van der Waals surface area contributed by atoms with Crippen LogP contribution in [0.1, 0.15) is 17.5 Å². The average Bonchev–Trinajstić information content (AvgIpc) is 2.80. The topological polar surface area (TPSA) is 36.1 Å². The van der Waals surface area contributed by atoms with Crippen molar-refractivity contribution in [2.24, 2.45) is 0 Å². The van der Waals surface area contributed by atoms with Crippen LogP contribution in [-0.4, -0.2) is 32.2 Å². The Morgan fingerprint density at radius 1 is 1.00 bits per heavy atom. The van der Waals surface area contributed by atoms with E-state index in [9.17, 15) is 0 Å². The van der Waals surface area contributed by atoms with Crippen molar-refractivity contribution < 1.29 is 0 Å². The van der Waals surface area contributed by atoms with Crippen molar-refractivity contribution in [3.63, 3.8) is 0 Å². The van der Waals surface area contributed by atoms with Gasteiger partial charge >= 0.3 is 0 Å². The van der Waals surface area contributed by atoms with Gasteiger partial charge in [0.05, 0.1) is 11.1 Å². The second kappa shape index (κ2) is 8.86. The van der Waals surface area contributed by atoms with E-state index in [-0.39, 0.29) is 0 Å². The van der Waals surface area contributed by atoms with Crippen molar-refractivity contribution in [3.05, 3.63) is 55.1 Å². The number of benzene rings is 1. The maximum atomic E-state index is 6.18. The molecule has 3 nitrogen and oxygen atoms in total. The predicted octanol–water partition coefficient (Wildman–Crippen LogP) is 3.90. The highest BCUT2D eigenvalue weighted by molar-refractivity contribution is 9.12. The highest BCUT2D eigenvalue weighted by Crippen LogP contribution is 2.35. The number of dihydropyridines is 1. The van der Waals surface area contributed by atoms with Crippen LogP contribution < -0.4 is 16.0 Å². The van der Waals surface area contributed by atoms with E-state index >= 15 is 0 Å². The van der Waals surface area contributed by atoms with Gasteiger partial charge in [-0.3, -0.25) is 0 Å². The minimum Gasteiger partial charge on any atom is -0.383 e. The van der Waals surface area contributed by atoms with Gasteiger partial charge in [-0.2, -0.15) is 0 Å². The normalized spacial score (nSPS) is 22.5. The third kappa shape index (κ3) is 4.64. The van der Waals surface area contributed by atoms with E-state index in [4.69, 9.17) is 11.6 Å². The first kappa shape index (κ1) is 18.5. The van der Waals surface area contributed by atoms with Crippen LogP contribution >= 0.6 is 43.5 Å². The van der Waals surface area contributed by atoms with Gasteiger partial charge in [0, 0.05) is 41.3 Å². The molecule has 0 radical (unpaired) electrons. The van der Waals surface area contributed by atoms with Crippen molar-refractivity contribution in [3.8, 4) is 0 Å². The summed E-state index contributed by atoms with van der Waals surface area (Å²) in [5.41, 5.74) is 4.21. The summed E-state index contributed by atoms with van der Waals surface area (Å²) in [6, 6.07) is 4.55. The van der Waals surface area contributed by atoms with E-state index in [2.05, 4.69) is 60.0 Å². The lowest BCUT2D eigenvalue weighted by molar-refractivity contribution is 0.534. The number of fused-ring (bicyclic) bond motifs is 2. The third-order valence-corrected chi connectivity index (χ3v) is 6.44. The summed E-state index contributed by atoms with van der Waals surface area (Å²) in [5, 5.41) is 10.7. The van der Waals surface area contributed by atoms with Crippen molar-refractivity contribution >= 4 is 43.5 Å². The van der Waals surface area contributed by atoms with Gasteiger partial charge in [-0.05, 0) is 80.0 Å². The van der Waals surface area contributed by atoms with E-state index in [0.717, 1.165) is 59.4 Å². The van der Waals surface area contributed by atoms with Crippen LogP contribution in [0, 0.1) is 0 Å². The fraction of sp³-hybridized carbons (Fsp3) is 0.444. The van der Waals surface area contributed by atoms with Gasteiger partial charge in [0.25, 0.3) is 0 Å². The zero-order valence-corrected chi connectivity index (χ0v) is 17.4. The molecule has 2 aliphatic heterocycles. The van der Waals surface area contributed by atoms with Gasteiger partial charge < -0.3 is 16.0 Å². The van der Waals surface area contributed by atoms with Crippen LogP contribution in [0.25, 0.3) is 0 Å².